The molecule has 5 nitrogen and oxygen atoms in total. The van der Waals surface area contributed by atoms with Gasteiger partial charge in [-0.2, -0.15) is 13.2 Å². The largest absolute Gasteiger partial charge is 0.419 e. The number of alkyl halides is 3. The zero-order chi connectivity index (χ0) is 23.8. The van der Waals surface area contributed by atoms with Crippen molar-refractivity contribution >= 4 is 32.3 Å². The zero-order valence-electron chi connectivity index (χ0n) is 16.8. The second-order valence-corrected chi connectivity index (χ2v) is 9.11. The Kier molecular flexibility index (Phi) is 5.71. The van der Waals surface area contributed by atoms with Crippen LogP contribution in [0.15, 0.2) is 88.8 Å². The molecule has 10 heteroatoms. The lowest BCUT2D eigenvalue weighted by Gasteiger charge is -2.11. The van der Waals surface area contributed by atoms with E-state index in [1.807, 2.05) is 0 Å². The topological polar surface area (TPSA) is 68.2 Å². The van der Waals surface area contributed by atoms with Gasteiger partial charge in [0.05, 0.1) is 15.4 Å². The smallest absolute Gasteiger partial charge is 0.337 e. The minimum absolute atomic E-state index is 0.00163. The molecule has 1 heterocycles. The van der Waals surface area contributed by atoms with Crippen LogP contribution in [0.4, 0.5) is 23.2 Å². The van der Waals surface area contributed by atoms with Crippen LogP contribution in [0, 0.1) is 5.82 Å². The number of hydrogen-bond acceptors (Lipinski definition) is 3. The lowest BCUT2D eigenvalue weighted by Crippen LogP contribution is -2.19. The highest BCUT2D eigenvalue weighted by Crippen LogP contribution is 2.33. The summed E-state index contributed by atoms with van der Waals surface area (Å²) in [6.45, 7) is -0.371. The predicted octanol–water partition coefficient (Wildman–Crippen LogP) is 5.27. The minimum atomic E-state index is -4.91. The number of anilines is 1. The van der Waals surface area contributed by atoms with Gasteiger partial charge in [-0.1, -0.05) is 36.4 Å². The van der Waals surface area contributed by atoms with Gasteiger partial charge < -0.3 is 9.88 Å². The lowest BCUT2D eigenvalue weighted by molar-refractivity contribution is -0.140. The number of hydrogen-bond donors (Lipinski definition) is 1. The van der Waals surface area contributed by atoms with Crippen LogP contribution in [0.2, 0.25) is 0 Å². The molecule has 4 rings (SSSR count). The Bertz CT molecular complexity index is 1450. The second-order valence-electron chi connectivity index (χ2n) is 7.20. The highest BCUT2D eigenvalue weighted by molar-refractivity contribution is 7.91. The third-order valence-electron chi connectivity index (χ3n) is 4.96. The van der Waals surface area contributed by atoms with Crippen LogP contribution in [0.1, 0.15) is 5.56 Å². The first-order valence-electron chi connectivity index (χ1n) is 9.62. The summed E-state index contributed by atoms with van der Waals surface area (Å²) < 4.78 is 80.0. The van der Waals surface area contributed by atoms with E-state index in [0.717, 1.165) is 6.07 Å². The van der Waals surface area contributed by atoms with E-state index < -0.39 is 33.3 Å². The first-order chi connectivity index (χ1) is 15.6. The van der Waals surface area contributed by atoms with Gasteiger partial charge in [0, 0.05) is 22.8 Å². The molecule has 33 heavy (non-hydrogen) atoms. The number of benzene rings is 3. The fourth-order valence-corrected chi connectivity index (χ4v) is 4.96. The number of sulfone groups is 1. The van der Waals surface area contributed by atoms with Crippen molar-refractivity contribution in [2.45, 2.75) is 22.5 Å². The Labute approximate surface area is 186 Å². The number of nitrogens with one attached hydrogen (secondary N) is 1. The summed E-state index contributed by atoms with van der Waals surface area (Å²) in [7, 11) is -3.89. The molecule has 1 aromatic heterocycles. The first kappa shape index (κ1) is 22.5. The molecule has 0 unspecified atom stereocenters. The molecule has 0 spiro atoms. The molecule has 0 bridgehead atoms. The fraction of sp³-hybridized carbons (Fsp3) is 0.0870. The molecule has 0 radical (unpaired) electrons. The highest BCUT2D eigenvalue weighted by atomic mass is 32.2. The van der Waals surface area contributed by atoms with Crippen molar-refractivity contribution in [2.75, 3.05) is 5.32 Å². The van der Waals surface area contributed by atoms with Crippen molar-refractivity contribution in [1.29, 1.82) is 0 Å². The summed E-state index contributed by atoms with van der Waals surface area (Å²) in [6, 6.07) is 16.5. The summed E-state index contributed by atoms with van der Waals surface area (Å²) in [6.07, 6.45) is -3.60. The van der Waals surface area contributed by atoms with Gasteiger partial charge in [0.15, 0.2) is 0 Å². The van der Waals surface area contributed by atoms with Gasteiger partial charge in [-0.3, -0.25) is 4.79 Å². The third-order valence-corrected chi connectivity index (χ3v) is 6.76. The minimum Gasteiger partial charge on any atom is -0.337 e. The SMILES string of the molecule is O=C(Cn1cc(S(=O)(=O)c2ccccc2)c2ccccc21)Nc1ccc(F)c(C(F)(F)F)c1. The van der Waals surface area contributed by atoms with Crippen molar-refractivity contribution in [1.82, 2.24) is 4.57 Å². The molecule has 3 aromatic carbocycles. The van der Waals surface area contributed by atoms with Crippen molar-refractivity contribution in [2.24, 2.45) is 0 Å². The Morgan fingerprint density at radius 2 is 1.61 bits per heavy atom. The first-order valence-corrected chi connectivity index (χ1v) is 11.1. The van der Waals surface area contributed by atoms with Crippen molar-refractivity contribution < 1.29 is 30.8 Å². The van der Waals surface area contributed by atoms with Crippen LogP contribution in [-0.2, 0) is 27.4 Å². The fourth-order valence-electron chi connectivity index (χ4n) is 3.46. The van der Waals surface area contributed by atoms with Crippen LogP contribution in [0.5, 0.6) is 0 Å². The summed E-state index contributed by atoms with van der Waals surface area (Å²) in [4.78, 5) is 12.6. The number of fused-ring (bicyclic) bond motifs is 1. The Morgan fingerprint density at radius 1 is 0.939 bits per heavy atom. The van der Waals surface area contributed by atoms with Gasteiger partial charge >= 0.3 is 6.18 Å². The van der Waals surface area contributed by atoms with E-state index in [1.165, 1.54) is 22.9 Å². The summed E-state index contributed by atoms with van der Waals surface area (Å²) in [5, 5.41) is 2.70. The van der Waals surface area contributed by atoms with Crippen molar-refractivity contribution in [3.8, 4) is 0 Å². The molecule has 1 N–H and O–H groups in total. The second kappa shape index (κ2) is 8.36. The Hall–Kier alpha value is -3.66. The van der Waals surface area contributed by atoms with Gasteiger partial charge in [0.1, 0.15) is 12.4 Å². The number of amides is 1. The van der Waals surface area contributed by atoms with E-state index in [1.54, 1.807) is 42.5 Å². The predicted molar refractivity (Wildman–Crippen MR) is 114 cm³/mol. The van der Waals surface area contributed by atoms with Gasteiger partial charge in [-0.25, -0.2) is 12.8 Å². The quantitative estimate of drug-likeness (QED) is 0.399. The van der Waals surface area contributed by atoms with Crippen LogP contribution in [0.3, 0.4) is 0 Å². The molecule has 0 saturated carbocycles. The number of halogens is 4. The van der Waals surface area contributed by atoms with Gasteiger partial charge in [-0.05, 0) is 36.4 Å². The average Bonchev–Trinajstić information content (AvgIpc) is 3.14. The molecule has 0 saturated heterocycles. The maximum atomic E-state index is 13.5. The number of para-hydroxylation sites is 1. The van der Waals surface area contributed by atoms with E-state index in [-0.39, 0.29) is 22.0 Å². The summed E-state index contributed by atoms with van der Waals surface area (Å²) in [5.41, 5.74) is -1.28. The van der Waals surface area contributed by atoms with E-state index >= 15 is 0 Å². The average molecular weight is 476 g/mol. The Balaban J connectivity index is 1.66. The standard InChI is InChI=1S/C23H16F4N2O3S/c24-19-11-10-15(12-18(19)23(25,26)27)28-22(30)14-29-13-21(17-8-4-5-9-20(17)29)33(31,32)16-6-2-1-3-7-16/h1-13H,14H2,(H,28,30). The molecule has 0 atom stereocenters. The number of carbonyl (C=O) groups is 1. The van der Waals surface area contributed by atoms with Gasteiger partial charge in [0.25, 0.3) is 0 Å². The summed E-state index contributed by atoms with van der Waals surface area (Å²) >= 11 is 0. The van der Waals surface area contributed by atoms with E-state index in [9.17, 15) is 30.8 Å². The van der Waals surface area contributed by atoms with Gasteiger partial charge in [0.2, 0.25) is 15.7 Å². The monoisotopic (exact) mass is 476 g/mol. The molecule has 1 amide bonds. The van der Waals surface area contributed by atoms with Crippen LogP contribution < -0.4 is 5.32 Å². The van der Waals surface area contributed by atoms with Crippen LogP contribution in [0.25, 0.3) is 10.9 Å². The van der Waals surface area contributed by atoms with Gasteiger partial charge in [-0.15, -0.1) is 0 Å². The van der Waals surface area contributed by atoms with E-state index in [4.69, 9.17) is 0 Å². The van der Waals surface area contributed by atoms with E-state index in [0.29, 0.717) is 23.0 Å². The Morgan fingerprint density at radius 3 is 2.30 bits per heavy atom. The summed E-state index contributed by atoms with van der Waals surface area (Å²) in [5.74, 6) is -2.16. The molecular weight excluding hydrogens is 460 g/mol. The number of carbonyl (C=O) groups excluding carboxylic acids is 1. The lowest BCUT2D eigenvalue weighted by atomic mass is 10.2. The molecule has 0 aliphatic rings. The molecule has 0 aliphatic heterocycles. The normalized spacial score (nSPS) is 12.1. The van der Waals surface area contributed by atoms with E-state index in [2.05, 4.69) is 5.32 Å². The van der Waals surface area contributed by atoms with Crippen LogP contribution in [-0.4, -0.2) is 18.9 Å². The highest BCUT2D eigenvalue weighted by Gasteiger charge is 2.34. The maximum Gasteiger partial charge on any atom is 0.419 e. The third kappa shape index (κ3) is 4.47. The molecule has 0 aliphatic carbocycles. The number of nitrogens with zero attached hydrogens (tertiary/aromatic N) is 1. The molecule has 4 aromatic rings. The zero-order valence-corrected chi connectivity index (χ0v) is 17.6. The van der Waals surface area contributed by atoms with Crippen molar-refractivity contribution in [3.05, 3.63) is 90.4 Å². The number of aromatic nitrogens is 1. The van der Waals surface area contributed by atoms with Crippen LogP contribution >= 0.6 is 0 Å². The number of rotatable bonds is 5. The molecule has 170 valence electrons. The van der Waals surface area contributed by atoms with Crippen molar-refractivity contribution in [3.63, 3.8) is 0 Å². The molecule has 0 fully saturated rings. The molecular formula is C23H16F4N2O3S. The maximum absolute atomic E-state index is 13.5.